The highest BCUT2D eigenvalue weighted by molar-refractivity contribution is 5.68. The number of amides is 1. The Hall–Kier alpha value is -2.33. The van der Waals surface area contributed by atoms with E-state index in [-0.39, 0.29) is 12.2 Å². The van der Waals surface area contributed by atoms with Crippen LogP contribution < -0.4 is 0 Å². The van der Waals surface area contributed by atoms with Gasteiger partial charge in [-0.05, 0) is 24.1 Å². The van der Waals surface area contributed by atoms with Crippen molar-refractivity contribution in [3.8, 4) is 0 Å². The molecular weight excluding hydrogens is 312 g/mol. The maximum atomic E-state index is 12.7. The predicted octanol–water partition coefficient (Wildman–Crippen LogP) is 3.94. The minimum atomic E-state index is -0.372. The lowest BCUT2D eigenvalue weighted by Gasteiger charge is -2.34. The van der Waals surface area contributed by atoms with E-state index < -0.39 is 0 Å². The summed E-state index contributed by atoms with van der Waals surface area (Å²) >= 11 is 0. The number of carbonyl (C=O) groups is 1. The quantitative estimate of drug-likeness (QED) is 0.828. The fourth-order valence-corrected chi connectivity index (χ4v) is 3.23. The van der Waals surface area contributed by atoms with Crippen LogP contribution in [0.1, 0.15) is 30.6 Å². The number of hydrogen-bond donors (Lipinski definition) is 0. The van der Waals surface area contributed by atoms with Crippen molar-refractivity contribution in [1.82, 2.24) is 9.80 Å². The molecule has 0 atom stereocenters. The average Bonchev–Trinajstić information content (AvgIpc) is 2.68. The predicted molar refractivity (Wildman–Crippen MR) is 99.5 cm³/mol. The van der Waals surface area contributed by atoms with Crippen molar-refractivity contribution in [3.63, 3.8) is 0 Å². The average molecular weight is 338 g/mol. The number of rotatable bonds is 5. The standard InChI is InChI=1S/C21H26N2O2/c1-2-13-22-14-16-23(17-15-22)21(24)25-20(18-9-5-3-6-10-18)19-11-7-4-8-12-19/h3-12,20H,2,13-17H2,1H3. The molecule has 0 aromatic heterocycles. The summed E-state index contributed by atoms with van der Waals surface area (Å²) in [5, 5.41) is 0. The molecule has 4 nitrogen and oxygen atoms in total. The third-order valence-corrected chi connectivity index (χ3v) is 4.59. The molecule has 2 aromatic carbocycles. The lowest BCUT2D eigenvalue weighted by Crippen LogP contribution is -2.49. The third-order valence-electron chi connectivity index (χ3n) is 4.59. The van der Waals surface area contributed by atoms with Crippen molar-refractivity contribution in [1.29, 1.82) is 0 Å². The second-order valence-electron chi connectivity index (χ2n) is 6.41. The van der Waals surface area contributed by atoms with Crippen LogP contribution in [-0.4, -0.2) is 48.6 Å². The summed E-state index contributed by atoms with van der Waals surface area (Å²) in [6.45, 7) is 6.59. The minimum Gasteiger partial charge on any atom is -0.436 e. The molecule has 3 rings (SSSR count). The first-order chi connectivity index (χ1) is 12.3. The zero-order valence-electron chi connectivity index (χ0n) is 14.8. The van der Waals surface area contributed by atoms with E-state index in [1.165, 1.54) is 0 Å². The van der Waals surface area contributed by atoms with E-state index in [4.69, 9.17) is 4.74 Å². The molecule has 0 N–H and O–H groups in total. The Bertz CT molecular complexity index is 613. The largest absolute Gasteiger partial charge is 0.436 e. The summed E-state index contributed by atoms with van der Waals surface area (Å²) in [7, 11) is 0. The Kier molecular flexibility index (Phi) is 6.07. The van der Waals surface area contributed by atoms with E-state index in [2.05, 4.69) is 11.8 Å². The van der Waals surface area contributed by atoms with Gasteiger partial charge < -0.3 is 9.64 Å². The summed E-state index contributed by atoms with van der Waals surface area (Å²) in [4.78, 5) is 16.9. The van der Waals surface area contributed by atoms with E-state index in [1.54, 1.807) is 0 Å². The van der Waals surface area contributed by atoms with Crippen molar-refractivity contribution < 1.29 is 9.53 Å². The molecule has 1 heterocycles. The van der Waals surface area contributed by atoms with Crippen LogP contribution in [0.25, 0.3) is 0 Å². The second kappa shape index (κ2) is 8.67. The van der Waals surface area contributed by atoms with Crippen molar-refractivity contribution in [2.24, 2.45) is 0 Å². The zero-order valence-corrected chi connectivity index (χ0v) is 14.8. The molecule has 1 amide bonds. The molecule has 1 fully saturated rings. The number of benzene rings is 2. The molecule has 2 aromatic rings. The highest BCUT2D eigenvalue weighted by Gasteiger charge is 2.25. The van der Waals surface area contributed by atoms with Gasteiger partial charge in [0.2, 0.25) is 0 Å². The Morgan fingerprint density at radius 2 is 1.44 bits per heavy atom. The highest BCUT2D eigenvalue weighted by atomic mass is 16.6. The van der Waals surface area contributed by atoms with Gasteiger partial charge in [-0.25, -0.2) is 4.79 Å². The van der Waals surface area contributed by atoms with Crippen LogP contribution in [0.3, 0.4) is 0 Å². The number of piperazine rings is 1. The first-order valence-corrected chi connectivity index (χ1v) is 9.05. The van der Waals surface area contributed by atoms with E-state index in [1.807, 2.05) is 65.6 Å². The van der Waals surface area contributed by atoms with E-state index in [0.29, 0.717) is 0 Å². The molecule has 0 spiro atoms. The molecule has 132 valence electrons. The molecule has 25 heavy (non-hydrogen) atoms. The SMILES string of the molecule is CCCN1CCN(C(=O)OC(c2ccccc2)c2ccccc2)CC1. The van der Waals surface area contributed by atoms with E-state index >= 15 is 0 Å². The first-order valence-electron chi connectivity index (χ1n) is 9.05. The molecule has 1 aliphatic heterocycles. The van der Waals surface area contributed by atoms with Gasteiger partial charge in [0.25, 0.3) is 0 Å². The lowest BCUT2D eigenvalue weighted by molar-refractivity contribution is 0.0575. The van der Waals surface area contributed by atoms with Gasteiger partial charge in [-0.2, -0.15) is 0 Å². The van der Waals surface area contributed by atoms with Crippen LogP contribution in [-0.2, 0) is 4.74 Å². The smallest absolute Gasteiger partial charge is 0.410 e. The van der Waals surface area contributed by atoms with Crippen molar-refractivity contribution >= 4 is 6.09 Å². The normalized spacial score (nSPS) is 15.4. The van der Waals surface area contributed by atoms with Gasteiger partial charge >= 0.3 is 6.09 Å². The van der Waals surface area contributed by atoms with Gasteiger partial charge in [0.05, 0.1) is 0 Å². The summed E-state index contributed by atoms with van der Waals surface area (Å²) in [6.07, 6.45) is 0.548. The number of nitrogens with zero attached hydrogens (tertiary/aromatic N) is 2. The third kappa shape index (κ3) is 4.60. The Morgan fingerprint density at radius 1 is 0.920 bits per heavy atom. The number of carbonyl (C=O) groups excluding carboxylic acids is 1. The Labute approximate surface area is 150 Å². The summed E-state index contributed by atoms with van der Waals surface area (Å²) in [6, 6.07) is 19.9. The van der Waals surface area contributed by atoms with Gasteiger partial charge in [0, 0.05) is 26.2 Å². The number of ether oxygens (including phenoxy) is 1. The summed E-state index contributed by atoms with van der Waals surface area (Å²) in [5.74, 6) is 0. The Balaban J connectivity index is 1.70. The van der Waals surface area contributed by atoms with Gasteiger partial charge in [-0.3, -0.25) is 4.90 Å². The van der Waals surface area contributed by atoms with Gasteiger partial charge in [-0.1, -0.05) is 67.6 Å². The van der Waals surface area contributed by atoms with Crippen LogP contribution in [0.5, 0.6) is 0 Å². The van der Waals surface area contributed by atoms with Gasteiger partial charge in [0.15, 0.2) is 6.10 Å². The van der Waals surface area contributed by atoms with Crippen molar-refractivity contribution in [2.75, 3.05) is 32.7 Å². The van der Waals surface area contributed by atoms with Crippen LogP contribution in [0, 0.1) is 0 Å². The van der Waals surface area contributed by atoms with Crippen LogP contribution in [0.4, 0.5) is 4.79 Å². The fraction of sp³-hybridized carbons (Fsp3) is 0.381. The van der Waals surface area contributed by atoms with E-state index in [0.717, 1.165) is 50.3 Å². The molecule has 0 bridgehead atoms. The molecule has 1 saturated heterocycles. The molecule has 0 aliphatic carbocycles. The van der Waals surface area contributed by atoms with Crippen LogP contribution in [0.15, 0.2) is 60.7 Å². The second-order valence-corrected chi connectivity index (χ2v) is 6.41. The number of hydrogen-bond acceptors (Lipinski definition) is 3. The maximum absolute atomic E-state index is 12.7. The van der Waals surface area contributed by atoms with Crippen molar-refractivity contribution in [2.45, 2.75) is 19.4 Å². The van der Waals surface area contributed by atoms with Gasteiger partial charge in [-0.15, -0.1) is 0 Å². The first kappa shape index (κ1) is 17.5. The molecule has 0 unspecified atom stereocenters. The van der Waals surface area contributed by atoms with E-state index in [9.17, 15) is 4.79 Å². The minimum absolute atomic E-state index is 0.228. The zero-order chi connectivity index (χ0) is 17.5. The molecule has 0 saturated carbocycles. The topological polar surface area (TPSA) is 32.8 Å². The molecular formula is C21H26N2O2. The van der Waals surface area contributed by atoms with Gasteiger partial charge in [0.1, 0.15) is 0 Å². The lowest BCUT2D eigenvalue weighted by atomic mass is 10.0. The van der Waals surface area contributed by atoms with Crippen LogP contribution in [0.2, 0.25) is 0 Å². The maximum Gasteiger partial charge on any atom is 0.410 e. The molecule has 4 heteroatoms. The summed E-state index contributed by atoms with van der Waals surface area (Å²) < 4.78 is 5.93. The van der Waals surface area contributed by atoms with Crippen molar-refractivity contribution in [3.05, 3.63) is 71.8 Å². The highest BCUT2D eigenvalue weighted by Crippen LogP contribution is 2.26. The fourth-order valence-electron chi connectivity index (χ4n) is 3.23. The van der Waals surface area contributed by atoms with Crippen LogP contribution >= 0.6 is 0 Å². The molecule has 0 radical (unpaired) electrons. The Morgan fingerprint density at radius 3 is 1.92 bits per heavy atom. The summed E-state index contributed by atoms with van der Waals surface area (Å²) in [5.41, 5.74) is 1.98. The molecule has 1 aliphatic rings. The monoisotopic (exact) mass is 338 g/mol.